The summed E-state index contributed by atoms with van der Waals surface area (Å²) in [5.41, 5.74) is 1.35. The highest BCUT2D eigenvalue weighted by atomic mass is 79.9. The zero-order valence-electron chi connectivity index (χ0n) is 11.3. The van der Waals surface area contributed by atoms with E-state index in [1.54, 1.807) is 0 Å². The van der Waals surface area contributed by atoms with E-state index in [-0.39, 0.29) is 0 Å². The molecule has 19 heavy (non-hydrogen) atoms. The second kappa shape index (κ2) is 7.63. The van der Waals surface area contributed by atoms with Crippen LogP contribution in [-0.2, 0) is 11.2 Å². The van der Waals surface area contributed by atoms with E-state index in [4.69, 9.17) is 4.74 Å². The average molecular weight is 322 g/mol. The van der Waals surface area contributed by atoms with Crippen molar-refractivity contribution in [2.45, 2.75) is 13.3 Å². The first-order valence-corrected chi connectivity index (χ1v) is 7.57. The zero-order chi connectivity index (χ0) is 13.5. The third-order valence-electron chi connectivity index (χ3n) is 3.15. The maximum Gasteiger partial charge on any atom is 0.0591 e. The number of likely N-dealkylation sites (N-methyl/N-ethyl adjacent to an activating group) is 1. The molecule has 0 amide bonds. The molecule has 0 aromatic heterocycles. The van der Waals surface area contributed by atoms with E-state index in [1.807, 2.05) is 0 Å². The first-order valence-electron chi connectivity index (χ1n) is 6.77. The van der Waals surface area contributed by atoms with Crippen molar-refractivity contribution in [3.05, 3.63) is 46.4 Å². The maximum atomic E-state index is 5.64. The minimum Gasteiger partial charge on any atom is -0.380 e. The van der Waals surface area contributed by atoms with E-state index in [0.29, 0.717) is 0 Å². The van der Waals surface area contributed by atoms with Crippen molar-refractivity contribution >= 4 is 26.7 Å². The smallest absolute Gasteiger partial charge is 0.0591 e. The van der Waals surface area contributed by atoms with Gasteiger partial charge in [0.05, 0.1) is 13.2 Å². The summed E-state index contributed by atoms with van der Waals surface area (Å²) in [7, 11) is 0. The number of hydrogen-bond acceptors (Lipinski definition) is 2. The van der Waals surface area contributed by atoms with Crippen LogP contribution in [0, 0.1) is 0 Å². The van der Waals surface area contributed by atoms with E-state index in [0.717, 1.165) is 37.2 Å². The fourth-order valence-electron chi connectivity index (χ4n) is 2.15. The van der Waals surface area contributed by atoms with Gasteiger partial charge in [0.25, 0.3) is 0 Å². The van der Waals surface area contributed by atoms with Gasteiger partial charge in [0, 0.05) is 11.0 Å². The topological polar surface area (TPSA) is 21.3 Å². The second-order valence-corrected chi connectivity index (χ2v) is 5.32. The molecule has 0 aliphatic carbocycles. The molecule has 1 N–H and O–H groups in total. The Labute approximate surface area is 123 Å². The van der Waals surface area contributed by atoms with E-state index < -0.39 is 0 Å². The van der Waals surface area contributed by atoms with Gasteiger partial charge in [-0.2, -0.15) is 0 Å². The molecular weight excluding hydrogens is 302 g/mol. The number of nitrogens with one attached hydrogen (secondary N) is 1. The number of fused-ring (bicyclic) bond motifs is 1. The molecule has 102 valence electrons. The van der Waals surface area contributed by atoms with Crippen LogP contribution in [0.5, 0.6) is 0 Å². The lowest BCUT2D eigenvalue weighted by Crippen LogP contribution is -2.19. The average Bonchev–Trinajstić information content (AvgIpc) is 2.45. The molecule has 0 heterocycles. The van der Waals surface area contributed by atoms with Gasteiger partial charge in [0.2, 0.25) is 0 Å². The van der Waals surface area contributed by atoms with Crippen LogP contribution in [0.3, 0.4) is 0 Å². The number of hydrogen-bond donors (Lipinski definition) is 1. The molecule has 0 fully saturated rings. The molecule has 2 aromatic carbocycles. The van der Waals surface area contributed by atoms with Crippen LogP contribution in [-0.4, -0.2) is 26.3 Å². The molecule has 2 nitrogen and oxygen atoms in total. The number of benzene rings is 2. The summed E-state index contributed by atoms with van der Waals surface area (Å²) in [4.78, 5) is 0. The molecule has 0 atom stereocenters. The summed E-state index contributed by atoms with van der Waals surface area (Å²) in [5, 5.41) is 5.84. The summed E-state index contributed by atoms with van der Waals surface area (Å²) in [5.74, 6) is 0. The Morgan fingerprint density at radius 3 is 2.63 bits per heavy atom. The number of ether oxygens (including phenoxy) is 1. The first kappa shape index (κ1) is 14.5. The molecule has 0 radical (unpaired) electrons. The first-order chi connectivity index (χ1) is 9.33. The van der Waals surface area contributed by atoms with E-state index in [9.17, 15) is 0 Å². The third-order valence-corrected chi connectivity index (χ3v) is 3.84. The van der Waals surface area contributed by atoms with Crippen molar-refractivity contribution in [1.29, 1.82) is 0 Å². The van der Waals surface area contributed by atoms with Crippen LogP contribution in [0.1, 0.15) is 12.5 Å². The largest absolute Gasteiger partial charge is 0.380 e. The maximum absolute atomic E-state index is 5.64. The molecule has 0 saturated carbocycles. The molecule has 0 spiro atoms. The third kappa shape index (κ3) is 4.03. The SMILES string of the molecule is CCNCCOCCc1ccc(Br)c2ccccc12. The van der Waals surface area contributed by atoms with Crippen LogP contribution in [0.2, 0.25) is 0 Å². The quantitative estimate of drug-likeness (QED) is 0.784. The highest BCUT2D eigenvalue weighted by Gasteiger charge is 2.03. The number of halogens is 1. The van der Waals surface area contributed by atoms with Crippen molar-refractivity contribution in [2.24, 2.45) is 0 Å². The Morgan fingerprint density at radius 1 is 1.05 bits per heavy atom. The Kier molecular flexibility index (Phi) is 5.83. The summed E-state index contributed by atoms with van der Waals surface area (Å²) >= 11 is 3.60. The van der Waals surface area contributed by atoms with Gasteiger partial charge in [0.1, 0.15) is 0 Å². The Hall–Kier alpha value is -0.900. The summed E-state index contributed by atoms with van der Waals surface area (Å²) < 4.78 is 6.80. The molecule has 2 aromatic rings. The Balaban J connectivity index is 1.96. The highest BCUT2D eigenvalue weighted by Crippen LogP contribution is 2.27. The van der Waals surface area contributed by atoms with Gasteiger partial charge in [-0.05, 0) is 35.4 Å². The normalized spacial score (nSPS) is 11.1. The van der Waals surface area contributed by atoms with Gasteiger partial charge in [-0.1, -0.05) is 53.2 Å². The van der Waals surface area contributed by atoms with Crippen molar-refractivity contribution in [3.63, 3.8) is 0 Å². The van der Waals surface area contributed by atoms with Crippen LogP contribution < -0.4 is 5.32 Å². The van der Waals surface area contributed by atoms with Gasteiger partial charge in [-0.15, -0.1) is 0 Å². The molecule has 2 rings (SSSR count). The molecule has 3 heteroatoms. The van der Waals surface area contributed by atoms with Crippen LogP contribution in [0.25, 0.3) is 10.8 Å². The molecule has 0 bridgehead atoms. The molecule has 0 saturated heterocycles. The van der Waals surface area contributed by atoms with Crippen molar-refractivity contribution in [3.8, 4) is 0 Å². The second-order valence-electron chi connectivity index (χ2n) is 4.47. The van der Waals surface area contributed by atoms with Gasteiger partial charge in [-0.25, -0.2) is 0 Å². The minimum atomic E-state index is 0.775. The zero-order valence-corrected chi connectivity index (χ0v) is 12.9. The van der Waals surface area contributed by atoms with Gasteiger partial charge in [0.15, 0.2) is 0 Å². The van der Waals surface area contributed by atoms with Crippen molar-refractivity contribution < 1.29 is 4.74 Å². The lowest BCUT2D eigenvalue weighted by atomic mass is 10.0. The molecular formula is C16H20BrNO. The molecule has 0 aliphatic rings. The minimum absolute atomic E-state index is 0.775. The van der Waals surface area contributed by atoms with Crippen LogP contribution in [0.15, 0.2) is 40.9 Å². The van der Waals surface area contributed by atoms with Crippen LogP contribution >= 0.6 is 15.9 Å². The van der Waals surface area contributed by atoms with E-state index in [1.165, 1.54) is 16.3 Å². The van der Waals surface area contributed by atoms with E-state index >= 15 is 0 Å². The van der Waals surface area contributed by atoms with Gasteiger partial charge < -0.3 is 10.1 Å². The lowest BCUT2D eigenvalue weighted by Gasteiger charge is -2.09. The summed E-state index contributed by atoms with van der Waals surface area (Å²) in [6.45, 7) is 5.59. The molecule has 0 unspecified atom stereocenters. The Bertz CT molecular complexity index is 527. The van der Waals surface area contributed by atoms with E-state index in [2.05, 4.69) is 64.6 Å². The standard InChI is InChI=1S/C16H20BrNO/c1-2-18-10-12-19-11-9-13-7-8-16(17)15-6-4-3-5-14(13)15/h3-8,18H,2,9-12H2,1H3. The predicted molar refractivity (Wildman–Crippen MR) is 84.7 cm³/mol. The monoisotopic (exact) mass is 321 g/mol. The summed E-state index contributed by atoms with van der Waals surface area (Å²) in [6.07, 6.45) is 0.958. The predicted octanol–water partition coefficient (Wildman–Crippen LogP) is 3.77. The van der Waals surface area contributed by atoms with Crippen molar-refractivity contribution in [1.82, 2.24) is 5.32 Å². The van der Waals surface area contributed by atoms with Crippen LogP contribution in [0.4, 0.5) is 0 Å². The Morgan fingerprint density at radius 2 is 1.84 bits per heavy atom. The van der Waals surface area contributed by atoms with Gasteiger partial charge in [-0.3, -0.25) is 0 Å². The highest BCUT2D eigenvalue weighted by molar-refractivity contribution is 9.10. The van der Waals surface area contributed by atoms with Gasteiger partial charge >= 0.3 is 0 Å². The summed E-state index contributed by atoms with van der Waals surface area (Å²) in [6, 6.07) is 12.8. The van der Waals surface area contributed by atoms with Crippen molar-refractivity contribution in [2.75, 3.05) is 26.3 Å². The fourth-order valence-corrected chi connectivity index (χ4v) is 2.63. The lowest BCUT2D eigenvalue weighted by molar-refractivity contribution is 0.139. The number of rotatable bonds is 7. The fraction of sp³-hybridized carbons (Fsp3) is 0.375. The molecule has 0 aliphatic heterocycles.